The number of hydrogen-bond acceptors (Lipinski definition) is 4. The van der Waals surface area contributed by atoms with Gasteiger partial charge in [-0.25, -0.2) is 9.78 Å². The normalized spacial score (nSPS) is 21.2. The van der Waals surface area contributed by atoms with E-state index < -0.39 is 0 Å². The molecule has 2 fully saturated rings. The first kappa shape index (κ1) is 16.7. The summed E-state index contributed by atoms with van der Waals surface area (Å²) in [6.07, 6.45) is 9.23. The molecule has 6 heteroatoms. The zero-order chi connectivity index (χ0) is 15.9. The maximum atomic E-state index is 11.9. The summed E-state index contributed by atoms with van der Waals surface area (Å²) in [6.45, 7) is 4.01. The highest BCUT2D eigenvalue weighted by Crippen LogP contribution is 2.25. The van der Waals surface area contributed by atoms with Crippen LogP contribution < -0.4 is 10.6 Å². The number of urea groups is 1. The van der Waals surface area contributed by atoms with Crippen LogP contribution in [0.4, 0.5) is 4.79 Å². The highest BCUT2D eigenvalue weighted by atomic mass is 32.1. The van der Waals surface area contributed by atoms with Gasteiger partial charge in [-0.15, -0.1) is 11.3 Å². The Balaban J connectivity index is 1.31. The van der Waals surface area contributed by atoms with Gasteiger partial charge in [-0.2, -0.15) is 0 Å². The van der Waals surface area contributed by atoms with E-state index in [0.717, 1.165) is 37.5 Å². The maximum Gasteiger partial charge on any atom is 0.315 e. The minimum atomic E-state index is -0.0660. The lowest BCUT2D eigenvalue weighted by Crippen LogP contribution is -2.48. The van der Waals surface area contributed by atoms with Crippen LogP contribution in [-0.2, 0) is 6.54 Å². The summed E-state index contributed by atoms with van der Waals surface area (Å²) in [5.41, 5.74) is 2.71. The summed E-state index contributed by atoms with van der Waals surface area (Å²) in [5.74, 6) is 0.912. The smallest absolute Gasteiger partial charge is 0.315 e. The van der Waals surface area contributed by atoms with Crippen molar-refractivity contribution in [1.29, 1.82) is 0 Å². The van der Waals surface area contributed by atoms with Gasteiger partial charge in [0.25, 0.3) is 0 Å². The molecule has 0 atom stereocenters. The van der Waals surface area contributed by atoms with Crippen molar-refractivity contribution in [3.63, 3.8) is 0 Å². The van der Waals surface area contributed by atoms with Gasteiger partial charge >= 0.3 is 6.03 Å². The topological polar surface area (TPSA) is 57.3 Å². The zero-order valence-electron chi connectivity index (χ0n) is 13.8. The Kier molecular flexibility index (Phi) is 6.28. The van der Waals surface area contributed by atoms with Crippen molar-refractivity contribution in [3.8, 4) is 0 Å². The number of rotatable bonds is 5. The largest absolute Gasteiger partial charge is 0.335 e. The molecule has 2 N–H and O–H groups in total. The minimum absolute atomic E-state index is 0.0660. The fraction of sp³-hybridized carbons (Fsp3) is 0.765. The highest BCUT2D eigenvalue weighted by Gasteiger charge is 2.23. The predicted octanol–water partition coefficient (Wildman–Crippen LogP) is 2.99. The van der Waals surface area contributed by atoms with E-state index in [0.29, 0.717) is 12.6 Å². The van der Waals surface area contributed by atoms with E-state index in [1.807, 2.05) is 5.38 Å². The molecule has 5 nitrogen and oxygen atoms in total. The first-order valence-electron chi connectivity index (χ1n) is 8.93. The van der Waals surface area contributed by atoms with E-state index >= 15 is 0 Å². The third kappa shape index (κ3) is 5.46. The Labute approximate surface area is 142 Å². The molecular formula is C17H28N4OS. The number of thiazole rings is 1. The maximum absolute atomic E-state index is 11.9. The number of nitrogens with one attached hydrogen (secondary N) is 2. The fourth-order valence-electron chi connectivity index (χ4n) is 3.73. The van der Waals surface area contributed by atoms with Gasteiger partial charge < -0.3 is 15.5 Å². The Morgan fingerprint density at radius 2 is 2.00 bits per heavy atom. The summed E-state index contributed by atoms with van der Waals surface area (Å²) >= 11 is 1.55. The van der Waals surface area contributed by atoms with Crippen LogP contribution in [0.1, 0.15) is 50.6 Å². The van der Waals surface area contributed by atoms with Gasteiger partial charge in [0.05, 0.1) is 17.7 Å². The van der Waals surface area contributed by atoms with Gasteiger partial charge in [-0.3, -0.25) is 0 Å². The molecule has 1 saturated heterocycles. The van der Waals surface area contributed by atoms with Gasteiger partial charge in [0.2, 0.25) is 0 Å². The van der Waals surface area contributed by atoms with E-state index in [2.05, 4.69) is 20.5 Å². The van der Waals surface area contributed by atoms with Crippen LogP contribution in [-0.4, -0.2) is 41.6 Å². The van der Waals surface area contributed by atoms with Gasteiger partial charge in [-0.1, -0.05) is 19.3 Å². The molecule has 0 unspecified atom stereocenters. The van der Waals surface area contributed by atoms with Gasteiger partial charge in [0, 0.05) is 31.1 Å². The lowest BCUT2D eigenvalue weighted by molar-refractivity contribution is 0.155. The molecule has 1 saturated carbocycles. The van der Waals surface area contributed by atoms with Crippen LogP contribution in [0.15, 0.2) is 10.9 Å². The quantitative estimate of drug-likeness (QED) is 0.869. The second-order valence-corrected chi connectivity index (χ2v) is 7.60. The van der Waals surface area contributed by atoms with Gasteiger partial charge in [0.15, 0.2) is 0 Å². The van der Waals surface area contributed by atoms with Gasteiger partial charge in [0.1, 0.15) is 0 Å². The van der Waals surface area contributed by atoms with Crippen molar-refractivity contribution in [2.24, 2.45) is 5.92 Å². The van der Waals surface area contributed by atoms with E-state index in [4.69, 9.17) is 0 Å². The van der Waals surface area contributed by atoms with E-state index in [9.17, 15) is 4.79 Å². The monoisotopic (exact) mass is 336 g/mol. The number of nitrogens with zero attached hydrogens (tertiary/aromatic N) is 2. The molecule has 2 aliphatic rings. The lowest BCUT2D eigenvalue weighted by Gasteiger charge is -2.35. The standard InChI is InChI=1S/C17H28N4OS/c22-17(18-10-16-12-23-13-19-16)20-15-6-8-21(9-7-15)11-14-4-2-1-3-5-14/h12-15H,1-11H2,(H2,18,20,22). The molecule has 3 rings (SSSR count). The van der Waals surface area contributed by atoms with Crippen molar-refractivity contribution in [2.75, 3.05) is 19.6 Å². The first-order valence-corrected chi connectivity index (χ1v) is 9.87. The first-order chi connectivity index (χ1) is 11.3. The molecule has 1 aromatic rings. The van der Waals surface area contributed by atoms with Gasteiger partial charge in [-0.05, 0) is 31.6 Å². The van der Waals surface area contributed by atoms with E-state index in [-0.39, 0.29) is 6.03 Å². The Morgan fingerprint density at radius 1 is 1.22 bits per heavy atom. The fourth-order valence-corrected chi connectivity index (χ4v) is 4.29. The number of carbonyl (C=O) groups is 1. The summed E-state index contributed by atoms with van der Waals surface area (Å²) in [4.78, 5) is 18.7. The number of aromatic nitrogens is 1. The number of likely N-dealkylation sites (tertiary alicyclic amines) is 1. The Morgan fingerprint density at radius 3 is 2.70 bits per heavy atom. The number of piperidine rings is 1. The summed E-state index contributed by atoms with van der Waals surface area (Å²) in [5, 5.41) is 7.96. The van der Waals surface area contributed by atoms with E-state index in [1.54, 1.807) is 16.8 Å². The molecule has 1 aliphatic heterocycles. The molecule has 0 radical (unpaired) electrons. The summed E-state index contributed by atoms with van der Waals surface area (Å²) in [7, 11) is 0. The average molecular weight is 337 g/mol. The van der Waals surface area contributed by atoms with Crippen molar-refractivity contribution in [3.05, 3.63) is 16.6 Å². The number of hydrogen-bond donors (Lipinski definition) is 2. The second kappa shape index (κ2) is 8.64. The molecular weight excluding hydrogens is 308 g/mol. The molecule has 2 amide bonds. The van der Waals surface area contributed by atoms with Crippen molar-refractivity contribution >= 4 is 17.4 Å². The number of amides is 2. The van der Waals surface area contributed by atoms with Crippen molar-refractivity contribution in [1.82, 2.24) is 20.5 Å². The molecule has 0 spiro atoms. The molecule has 0 bridgehead atoms. The zero-order valence-corrected chi connectivity index (χ0v) is 14.6. The van der Waals surface area contributed by atoms with Crippen LogP contribution in [0.5, 0.6) is 0 Å². The Hall–Kier alpha value is -1.14. The SMILES string of the molecule is O=C(NCc1cscn1)NC1CCN(CC2CCCCC2)CC1. The second-order valence-electron chi connectivity index (χ2n) is 6.89. The minimum Gasteiger partial charge on any atom is -0.335 e. The third-order valence-corrected chi connectivity index (χ3v) is 5.71. The van der Waals surface area contributed by atoms with E-state index in [1.165, 1.54) is 38.6 Å². The van der Waals surface area contributed by atoms with Crippen LogP contribution in [0, 0.1) is 5.92 Å². The lowest BCUT2D eigenvalue weighted by atomic mass is 9.88. The highest BCUT2D eigenvalue weighted by molar-refractivity contribution is 7.07. The molecule has 128 valence electrons. The number of carbonyl (C=O) groups excluding carboxylic acids is 1. The predicted molar refractivity (Wildman–Crippen MR) is 93.5 cm³/mol. The molecule has 1 aromatic heterocycles. The molecule has 1 aliphatic carbocycles. The van der Waals surface area contributed by atoms with Crippen LogP contribution in [0.2, 0.25) is 0 Å². The Bertz CT molecular complexity index is 465. The van der Waals surface area contributed by atoms with Crippen molar-refractivity contribution < 1.29 is 4.79 Å². The molecule has 23 heavy (non-hydrogen) atoms. The van der Waals surface area contributed by atoms with Crippen LogP contribution in [0.3, 0.4) is 0 Å². The summed E-state index contributed by atoms with van der Waals surface area (Å²) < 4.78 is 0. The van der Waals surface area contributed by atoms with Crippen LogP contribution in [0.25, 0.3) is 0 Å². The molecule has 0 aromatic carbocycles. The summed E-state index contributed by atoms with van der Waals surface area (Å²) in [6, 6.07) is 0.247. The van der Waals surface area contributed by atoms with Crippen LogP contribution >= 0.6 is 11.3 Å². The third-order valence-electron chi connectivity index (χ3n) is 5.08. The van der Waals surface area contributed by atoms with Crippen molar-refractivity contribution in [2.45, 2.75) is 57.5 Å². The molecule has 2 heterocycles. The average Bonchev–Trinajstić information content (AvgIpc) is 3.09.